The van der Waals surface area contributed by atoms with Gasteiger partial charge in [0.25, 0.3) is 0 Å². The Balaban J connectivity index is 2.18. The Labute approximate surface area is 108 Å². The Kier molecular flexibility index (Phi) is 4.10. The van der Waals surface area contributed by atoms with E-state index in [1.54, 1.807) is 13.4 Å². The summed E-state index contributed by atoms with van der Waals surface area (Å²) < 4.78 is 7.13. The van der Waals surface area contributed by atoms with Gasteiger partial charge in [0, 0.05) is 20.1 Å². The van der Waals surface area contributed by atoms with Crippen LogP contribution >= 0.6 is 0 Å². The number of ether oxygens (including phenoxy) is 1. The molecule has 0 unspecified atom stereocenters. The number of aryl methyl sites for hydroxylation is 2. The van der Waals surface area contributed by atoms with Crippen LogP contribution in [0.25, 0.3) is 0 Å². The third-order valence-corrected chi connectivity index (χ3v) is 3.09. The molecule has 0 aliphatic carbocycles. The number of methoxy groups -OCH3 is 1. The molecular weight excluding hydrogens is 226 g/mol. The zero-order valence-corrected chi connectivity index (χ0v) is 11.2. The highest BCUT2D eigenvalue weighted by Crippen LogP contribution is 2.14. The number of hydrogen-bond donors (Lipinski definition) is 0. The van der Waals surface area contributed by atoms with E-state index in [1.807, 2.05) is 4.57 Å². The first-order chi connectivity index (χ1) is 8.70. The summed E-state index contributed by atoms with van der Waals surface area (Å²) >= 11 is 0. The van der Waals surface area contributed by atoms with Crippen LogP contribution in [0.5, 0.6) is 0 Å². The van der Waals surface area contributed by atoms with E-state index in [2.05, 4.69) is 42.2 Å². The van der Waals surface area contributed by atoms with Crippen LogP contribution in [0, 0.1) is 13.8 Å². The quantitative estimate of drug-likeness (QED) is 0.810. The maximum Gasteiger partial charge on any atom is 0.137 e. The van der Waals surface area contributed by atoms with Gasteiger partial charge in [0.15, 0.2) is 0 Å². The van der Waals surface area contributed by atoms with Crippen LogP contribution < -0.4 is 0 Å². The van der Waals surface area contributed by atoms with Crippen molar-refractivity contribution in [3.8, 4) is 0 Å². The minimum atomic E-state index is 0.678. The first-order valence-corrected chi connectivity index (χ1v) is 6.12. The van der Waals surface area contributed by atoms with Crippen molar-refractivity contribution < 1.29 is 4.74 Å². The molecule has 0 radical (unpaired) electrons. The number of benzene rings is 1. The van der Waals surface area contributed by atoms with Gasteiger partial charge in [-0.25, -0.2) is 0 Å². The molecule has 0 saturated heterocycles. The highest BCUT2D eigenvalue weighted by atomic mass is 16.5. The fourth-order valence-electron chi connectivity index (χ4n) is 1.95. The van der Waals surface area contributed by atoms with Crippen LogP contribution in [0.4, 0.5) is 0 Å². The number of hydrogen-bond acceptors (Lipinski definition) is 3. The maximum atomic E-state index is 5.09. The van der Waals surface area contributed by atoms with Crippen LogP contribution in [0.15, 0.2) is 24.5 Å². The number of nitrogens with zero attached hydrogens (tertiary/aromatic N) is 3. The summed E-state index contributed by atoms with van der Waals surface area (Å²) in [6, 6.07) is 6.50. The Morgan fingerprint density at radius 2 is 2.11 bits per heavy atom. The molecule has 0 bridgehead atoms. The summed E-state index contributed by atoms with van der Waals surface area (Å²) in [5.41, 5.74) is 3.88. The molecule has 0 aliphatic rings. The molecule has 0 spiro atoms. The third-order valence-electron chi connectivity index (χ3n) is 3.09. The van der Waals surface area contributed by atoms with Gasteiger partial charge in [-0.3, -0.25) is 0 Å². The molecule has 2 aromatic rings. The summed E-state index contributed by atoms with van der Waals surface area (Å²) in [6.07, 6.45) is 2.58. The second kappa shape index (κ2) is 5.78. The largest absolute Gasteiger partial charge is 0.383 e. The highest BCUT2D eigenvalue weighted by Gasteiger charge is 2.07. The molecule has 4 heteroatoms. The van der Waals surface area contributed by atoms with Crippen LogP contribution in [-0.2, 0) is 17.7 Å². The van der Waals surface area contributed by atoms with E-state index in [0.717, 1.165) is 18.8 Å². The molecule has 2 rings (SSSR count). The summed E-state index contributed by atoms with van der Waals surface area (Å²) in [5.74, 6) is 0.987. The van der Waals surface area contributed by atoms with Crippen molar-refractivity contribution in [2.24, 2.45) is 0 Å². The Bertz CT molecular complexity index is 520. The van der Waals surface area contributed by atoms with E-state index in [0.29, 0.717) is 6.61 Å². The maximum absolute atomic E-state index is 5.09. The minimum absolute atomic E-state index is 0.678. The van der Waals surface area contributed by atoms with Crippen LogP contribution in [-0.4, -0.2) is 28.5 Å². The molecular formula is C14H19N3O. The summed E-state index contributed by atoms with van der Waals surface area (Å²) in [7, 11) is 1.70. The zero-order valence-electron chi connectivity index (χ0n) is 11.2. The molecule has 0 fully saturated rings. The average molecular weight is 245 g/mol. The van der Waals surface area contributed by atoms with Crippen molar-refractivity contribution in [2.45, 2.75) is 26.8 Å². The standard InChI is InChI=1S/C14H19N3O/c1-11-4-5-12(2)13(8-11)9-14-16-15-10-17(14)6-7-18-3/h4-5,8,10H,6-7,9H2,1-3H3. The molecule has 0 atom stereocenters. The van der Waals surface area contributed by atoms with Gasteiger partial charge < -0.3 is 9.30 Å². The van der Waals surface area contributed by atoms with Gasteiger partial charge in [0.2, 0.25) is 0 Å². The van der Waals surface area contributed by atoms with Crippen molar-refractivity contribution in [3.63, 3.8) is 0 Å². The van der Waals surface area contributed by atoms with Crippen molar-refractivity contribution in [3.05, 3.63) is 47.0 Å². The van der Waals surface area contributed by atoms with E-state index in [9.17, 15) is 0 Å². The fraction of sp³-hybridized carbons (Fsp3) is 0.429. The monoisotopic (exact) mass is 245 g/mol. The molecule has 18 heavy (non-hydrogen) atoms. The predicted molar refractivity (Wildman–Crippen MR) is 70.6 cm³/mol. The second-order valence-corrected chi connectivity index (χ2v) is 4.54. The lowest BCUT2D eigenvalue weighted by molar-refractivity contribution is 0.186. The van der Waals surface area contributed by atoms with Crippen LogP contribution in [0.3, 0.4) is 0 Å². The van der Waals surface area contributed by atoms with Crippen molar-refractivity contribution in [1.82, 2.24) is 14.8 Å². The second-order valence-electron chi connectivity index (χ2n) is 4.54. The predicted octanol–water partition coefficient (Wildman–Crippen LogP) is 2.13. The van der Waals surface area contributed by atoms with Gasteiger partial charge >= 0.3 is 0 Å². The number of rotatable bonds is 5. The first-order valence-electron chi connectivity index (χ1n) is 6.12. The van der Waals surface area contributed by atoms with Gasteiger partial charge in [0.05, 0.1) is 6.61 Å². The molecule has 1 heterocycles. The molecule has 1 aromatic heterocycles. The lowest BCUT2D eigenvalue weighted by Crippen LogP contribution is -2.08. The highest BCUT2D eigenvalue weighted by molar-refractivity contribution is 5.32. The summed E-state index contributed by atoms with van der Waals surface area (Å²) in [6.45, 7) is 5.71. The lowest BCUT2D eigenvalue weighted by Gasteiger charge is -2.08. The molecule has 0 aliphatic heterocycles. The first kappa shape index (κ1) is 12.8. The van der Waals surface area contributed by atoms with Gasteiger partial charge in [-0.2, -0.15) is 0 Å². The molecule has 0 N–H and O–H groups in total. The van der Waals surface area contributed by atoms with Crippen molar-refractivity contribution >= 4 is 0 Å². The van der Waals surface area contributed by atoms with Gasteiger partial charge in [0.1, 0.15) is 12.2 Å². The Hall–Kier alpha value is -1.68. The lowest BCUT2D eigenvalue weighted by atomic mass is 10.0. The SMILES string of the molecule is COCCn1cnnc1Cc1cc(C)ccc1C. The van der Waals surface area contributed by atoms with E-state index in [1.165, 1.54) is 16.7 Å². The third kappa shape index (κ3) is 2.96. The summed E-state index contributed by atoms with van der Waals surface area (Å²) in [5, 5.41) is 8.17. The normalized spacial score (nSPS) is 10.8. The fourth-order valence-corrected chi connectivity index (χ4v) is 1.95. The van der Waals surface area contributed by atoms with E-state index >= 15 is 0 Å². The van der Waals surface area contributed by atoms with Gasteiger partial charge in [-0.05, 0) is 25.0 Å². The minimum Gasteiger partial charge on any atom is -0.383 e. The smallest absolute Gasteiger partial charge is 0.137 e. The van der Waals surface area contributed by atoms with E-state index in [4.69, 9.17) is 4.74 Å². The van der Waals surface area contributed by atoms with Crippen molar-refractivity contribution in [2.75, 3.05) is 13.7 Å². The number of aromatic nitrogens is 3. The van der Waals surface area contributed by atoms with Gasteiger partial charge in [-0.15, -0.1) is 10.2 Å². The van der Waals surface area contributed by atoms with E-state index < -0.39 is 0 Å². The molecule has 0 saturated carbocycles. The van der Waals surface area contributed by atoms with E-state index in [-0.39, 0.29) is 0 Å². The Morgan fingerprint density at radius 1 is 1.28 bits per heavy atom. The van der Waals surface area contributed by atoms with Crippen LogP contribution in [0.2, 0.25) is 0 Å². The zero-order chi connectivity index (χ0) is 13.0. The summed E-state index contributed by atoms with van der Waals surface area (Å²) in [4.78, 5) is 0. The molecule has 1 aromatic carbocycles. The molecule has 0 amide bonds. The van der Waals surface area contributed by atoms with Crippen LogP contribution in [0.1, 0.15) is 22.5 Å². The molecule has 4 nitrogen and oxygen atoms in total. The molecule has 96 valence electrons. The Morgan fingerprint density at radius 3 is 2.89 bits per heavy atom. The van der Waals surface area contributed by atoms with Crippen molar-refractivity contribution in [1.29, 1.82) is 0 Å². The van der Waals surface area contributed by atoms with Gasteiger partial charge in [-0.1, -0.05) is 23.8 Å². The topological polar surface area (TPSA) is 39.9 Å². The average Bonchev–Trinajstić information content (AvgIpc) is 2.79.